The first-order valence-corrected chi connectivity index (χ1v) is 10.1. The molecule has 4 fully saturated rings. The van der Waals surface area contributed by atoms with Crippen molar-refractivity contribution in [1.82, 2.24) is 0 Å². The van der Waals surface area contributed by atoms with Gasteiger partial charge in [0.15, 0.2) is 6.61 Å². The molecule has 0 radical (unpaired) electrons. The molecule has 4 saturated carbocycles. The van der Waals surface area contributed by atoms with Gasteiger partial charge in [-0.15, -0.1) is 0 Å². The van der Waals surface area contributed by atoms with Crippen LogP contribution in [0.15, 0.2) is 24.3 Å². The topological polar surface area (TPSA) is 46.6 Å². The average Bonchev–Trinajstić information content (AvgIpc) is 2.94. The van der Waals surface area contributed by atoms with Crippen molar-refractivity contribution < 1.29 is 14.3 Å². The molecule has 4 bridgehead atoms. The van der Waals surface area contributed by atoms with Crippen molar-refractivity contribution in [2.45, 2.75) is 57.9 Å². The first-order chi connectivity index (χ1) is 12.5. The predicted molar refractivity (Wildman–Crippen MR) is 98.7 cm³/mol. The van der Waals surface area contributed by atoms with Gasteiger partial charge in [-0.05, 0) is 81.3 Å². The van der Waals surface area contributed by atoms with E-state index in [-0.39, 0.29) is 29.9 Å². The maximum atomic E-state index is 13.0. The number of carbonyl (C=O) groups is 2. The molecule has 26 heavy (non-hydrogen) atoms. The van der Waals surface area contributed by atoms with Gasteiger partial charge < -0.3 is 9.64 Å². The Morgan fingerprint density at radius 3 is 2.35 bits per heavy atom. The summed E-state index contributed by atoms with van der Waals surface area (Å²) in [5, 5.41) is 0. The second-order valence-corrected chi connectivity index (χ2v) is 9.22. The molecule has 0 unspecified atom stereocenters. The van der Waals surface area contributed by atoms with Gasteiger partial charge in [0.05, 0.1) is 5.41 Å². The molecule has 6 rings (SSSR count). The monoisotopic (exact) mass is 353 g/mol. The number of amides is 1. The molecule has 1 aliphatic heterocycles. The number of anilines is 1. The van der Waals surface area contributed by atoms with Crippen molar-refractivity contribution in [3.63, 3.8) is 0 Å². The minimum Gasteiger partial charge on any atom is -0.455 e. The second-order valence-electron chi connectivity index (χ2n) is 9.22. The molecule has 0 N–H and O–H groups in total. The largest absolute Gasteiger partial charge is 0.455 e. The van der Waals surface area contributed by atoms with Gasteiger partial charge in [-0.3, -0.25) is 9.59 Å². The van der Waals surface area contributed by atoms with E-state index in [1.165, 1.54) is 24.8 Å². The Kier molecular flexibility index (Phi) is 3.67. The third-order valence-corrected chi connectivity index (χ3v) is 7.27. The van der Waals surface area contributed by atoms with E-state index in [1.807, 2.05) is 23.1 Å². The summed E-state index contributed by atoms with van der Waals surface area (Å²) in [6, 6.07) is 8.14. The summed E-state index contributed by atoms with van der Waals surface area (Å²) in [6.07, 6.45) is 7.71. The predicted octanol–water partition coefficient (Wildman–Crippen LogP) is 3.72. The molecule has 4 heteroatoms. The highest BCUT2D eigenvalue weighted by Gasteiger charge is 2.55. The first-order valence-electron chi connectivity index (χ1n) is 10.1. The third kappa shape index (κ3) is 2.49. The number of para-hydroxylation sites is 1. The maximum absolute atomic E-state index is 13.0. The molecule has 1 atom stereocenters. The van der Waals surface area contributed by atoms with E-state index in [0.29, 0.717) is 17.8 Å². The zero-order valence-electron chi connectivity index (χ0n) is 15.4. The summed E-state index contributed by atoms with van der Waals surface area (Å²) in [5.74, 6) is 1.91. The van der Waals surface area contributed by atoms with E-state index < -0.39 is 0 Å². The van der Waals surface area contributed by atoms with Crippen LogP contribution in [-0.4, -0.2) is 24.5 Å². The van der Waals surface area contributed by atoms with E-state index in [9.17, 15) is 9.59 Å². The molecule has 4 nitrogen and oxygen atoms in total. The molecule has 138 valence electrons. The van der Waals surface area contributed by atoms with Crippen LogP contribution >= 0.6 is 0 Å². The van der Waals surface area contributed by atoms with Crippen molar-refractivity contribution in [3.8, 4) is 0 Å². The summed E-state index contributed by atoms with van der Waals surface area (Å²) in [5.41, 5.74) is 1.88. The van der Waals surface area contributed by atoms with Gasteiger partial charge in [0.1, 0.15) is 0 Å². The first kappa shape index (κ1) is 16.3. The number of fused-ring (bicyclic) bond motifs is 1. The van der Waals surface area contributed by atoms with Crippen LogP contribution in [0.3, 0.4) is 0 Å². The standard InChI is InChI=1S/C22H27NO3/c1-14-6-18-4-2-3-5-19(18)23(14)20(24)13-26-21(25)22-10-15-7-16(11-22)9-17(8-15)12-22/h2-5,14-17H,6-13H2,1H3/t14-,15?,16?,17?,22?/m1/s1. The fourth-order valence-corrected chi connectivity index (χ4v) is 6.66. The summed E-state index contributed by atoms with van der Waals surface area (Å²) >= 11 is 0. The summed E-state index contributed by atoms with van der Waals surface area (Å²) in [6.45, 7) is 1.93. The Bertz CT molecular complexity index is 720. The molecular formula is C22H27NO3. The number of rotatable bonds is 3. The highest BCUT2D eigenvalue weighted by molar-refractivity contribution is 5.98. The van der Waals surface area contributed by atoms with Crippen molar-refractivity contribution in [3.05, 3.63) is 29.8 Å². The molecule has 0 spiro atoms. The van der Waals surface area contributed by atoms with Gasteiger partial charge in [-0.2, -0.15) is 0 Å². The Labute approximate surface area is 154 Å². The number of nitrogens with zero attached hydrogens (tertiary/aromatic N) is 1. The Hall–Kier alpha value is -1.84. The SMILES string of the molecule is C[C@@H]1Cc2ccccc2N1C(=O)COC(=O)C12CC3CC(CC(C3)C1)C2. The fourth-order valence-electron chi connectivity index (χ4n) is 6.66. The van der Waals surface area contributed by atoms with Crippen LogP contribution in [0.5, 0.6) is 0 Å². The lowest BCUT2D eigenvalue weighted by Gasteiger charge is -2.55. The van der Waals surface area contributed by atoms with Gasteiger partial charge in [-0.1, -0.05) is 18.2 Å². The van der Waals surface area contributed by atoms with Crippen LogP contribution < -0.4 is 4.90 Å². The van der Waals surface area contributed by atoms with E-state index in [2.05, 4.69) is 13.0 Å². The van der Waals surface area contributed by atoms with Gasteiger partial charge in [0.2, 0.25) is 0 Å². The highest BCUT2D eigenvalue weighted by atomic mass is 16.5. The van der Waals surface area contributed by atoms with Crippen LogP contribution in [0.25, 0.3) is 0 Å². The number of benzene rings is 1. The van der Waals surface area contributed by atoms with Gasteiger partial charge in [-0.25, -0.2) is 0 Å². The number of carbonyl (C=O) groups excluding carboxylic acids is 2. The number of esters is 1. The van der Waals surface area contributed by atoms with Crippen LogP contribution in [0.4, 0.5) is 5.69 Å². The summed E-state index contributed by atoms with van der Waals surface area (Å²) in [7, 11) is 0. The van der Waals surface area contributed by atoms with E-state index >= 15 is 0 Å². The van der Waals surface area contributed by atoms with Crippen molar-refractivity contribution in [2.75, 3.05) is 11.5 Å². The quantitative estimate of drug-likeness (QED) is 0.778. The minimum atomic E-state index is -0.288. The van der Waals surface area contributed by atoms with Gasteiger partial charge in [0.25, 0.3) is 5.91 Å². The fraction of sp³-hybridized carbons (Fsp3) is 0.636. The smallest absolute Gasteiger partial charge is 0.312 e. The molecule has 4 aliphatic carbocycles. The molecule has 0 saturated heterocycles. The van der Waals surface area contributed by atoms with Crippen LogP contribution in [-0.2, 0) is 20.7 Å². The molecule has 5 aliphatic rings. The summed E-state index contributed by atoms with van der Waals surface area (Å²) < 4.78 is 5.63. The van der Waals surface area contributed by atoms with E-state index in [1.54, 1.807) is 0 Å². The zero-order chi connectivity index (χ0) is 17.9. The lowest BCUT2D eigenvalue weighted by molar-refractivity contribution is -0.172. The van der Waals surface area contributed by atoms with Gasteiger partial charge in [0, 0.05) is 11.7 Å². The van der Waals surface area contributed by atoms with Crippen LogP contribution in [0.1, 0.15) is 51.0 Å². The number of hydrogen-bond donors (Lipinski definition) is 0. The second kappa shape index (κ2) is 5.83. The molecule has 1 heterocycles. The van der Waals surface area contributed by atoms with Crippen LogP contribution in [0.2, 0.25) is 0 Å². The van der Waals surface area contributed by atoms with Crippen molar-refractivity contribution >= 4 is 17.6 Å². The lowest BCUT2D eigenvalue weighted by atomic mass is 9.49. The molecular weight excluding hydrogens is 326 g/mol. The molecule has 1 amide bonds. The highest BCUT2D eigenvalue weighted by Crippen LogP contribution is 2.60. The Balaban J connectivity index is 1.27. The lowest BCUT2D eigenvalue weighted by Crippen LogP contribution is -2.51. The molecule has 1 aromatic carbocycles. The molecule has 0 aromatic heterocycles. The minimum absolute atomic E-state index is 0.0967. The zero-order valence-corrected chi connectivity index (χ0v) is 15.4. The average molecular weight is 353 g/mol. The molecule has 1 aromatic rings. The van der Waals surface area contributed by atoms with Gasteiger partial charge >= 0.3 is 5.97 Å². The summed E-state index contributed by atoms with van der Waals surface area (Å²) in [4.78, 5) is 27.6. The Morgan fingerprint density at radius 1 is 1.08 bits per heavy atom. The number of hydrogen-bond acceptors (Lipinski definition) is 3. The third-order valence-electron chi connectivity index (χ3n) is 7.27. The normalized spacial score (nSPS) is 36.9. The van der Waals surface area contributed by atoms with E-state index in [4.69, 9.17) is 4.74 Å². The van der Waals surface area contributed by atoms with Crippen molar-refractivity contribution in [2.24, 2.45) is 23.2 Å². The van der Waals surface area contributed by atoms with Crippen LogP contribution in [0, 0.1) is 23.2 Å². The maximum Gasteiger partial charge on any atom is 0.312 e. The number of ether oxygens (including phenoxy) is 1. The van der Waals surface area contributed by atoms with E-state index in [0.717, 1.165) is 31.4 Å². The Morgan fingerprint density at radius 2 is 1.69 bits per heavy atom. The van der Waals surface area contributed by atoms with Crippen molar-refractivity contribution in [1.29, 1.82) is 0 Å².